The lowest BCUT2D eigenvalue weighted by molar-refractivity contribution is 0.0930. The maximum absolute atomic E-state index is 13.6. The van der Waals surface area contributed by atoms with E-state index in [0.29, 0.717) is 5.69 Å². The number of fused-ring (bicyclic) bond motifs is 1. The van der Waals surface area contributed by atoms with E-state index in [0.717, 1.165) is 32.5 Å². The predicted molar refractivity (Wildman–Crippen MR) is 97.4 cm³/mol. The summed E-state index contributed by atoms with van der Waals surface area (Å²) in [5, 5.41) is 7.61. The first kappa shape index (κ1) is 15.8. The van der Waals surface area contributed by atoms with E-state index in [1.54, 1.807) is 34.5 Å². The zero-order valence-corrected chi connectivity index (χ0v) is 14.9. The second-order valence-electron chi connectivity index (χ2n) is 5.36. The number of benzene rings is 1. The van der Waals surface area contributed by atoms with Crippen LogP contribution in [0.2, 0.25) is 0 Å². The number of amides is 1. The van der Waals surface area contributed by atoms with Crippen LogP contribution in [0.15, 0.2) is 46.0 Å². The largest absolute Gasteiger partial charge is 0.344 e. The van der Waals surface area contributed by atoms with E-state index in [4.69, 9.17) is 0 Å². The molecule has 2 aromatic heterocycles. The Hall–Kier alpha value is -1.70. The lowest BCUT2D eigenvalue weighted by atomic mass is 10.0. The van der Waals surface area contributed by atoms with Gasteiger partial charge in [-0.05, 0) is 41.6 Å². The number of thioether (sulfide) groups is 1. The number of halogens is 1. The second kappa shape index (κ2) is 6.66. The molecule has 122 valence electrons. The van der Waals surface area contributed by atoms with Crippen molar-refractivity contribution in [3.63, 3.8) is 0 Å². The van der Waals surface area contributed by atoms with Crippen molar-refractivity contribution in [3.8, 4) is 9.88 Å². The molecule has 24 heavy (non-hydrogen) atoms. The number of rotatable bonds is 3. The minimum atomic E-state index is -0.274. The molecule has 0 fully saturated rings. The van der Waals surface area contributed by atoms with Crippen LogP contribution >= 0.6 is 34.4 Å². The number of nitrogens with one attached hydrogen (secondary N) is 1. The highest BCUT2D eigenvalue weighted by Crippen LogP contribution is 2.36. The first-order valence-electron chi connectivity index (χ1n) is 7.43. The number of hydrogen-bond acceptors (Lipinski definition) is 5. The fourth-order valence-corrected chi connectivity index (χ4v) is 5.36. The van der Waals surface area contributed by atoms with Crippen LogP contribution in [0.1, 0.15) is 28.5 Å². The zero-order valence-electron chi connectivity index (χ0n) is 12.5. The molecular weight excluding hydrogens is 363 g/mol. The molecule has 3 nitrogen and oxygen atoms in total. The number of carbonyl (C=O) groups is 1. The summed E-state index contributed by atoms with van der Waals surface area (Å²) >= 11 is 4.76. The molecule has 1 aromatic carbocycles. The smallest absolute Gasteiger partial charge is 0.271 e. The number of thiazole rings is 1. The normalized spacial score (nSPS) is 16.6. The standard InChI is InChI=1S/C17H13FN2OS3/c18-10-3-4-14-11(8-10)12(5-7-23-14)19-16(21)13-9-24-17(20-13)15-2-1-6-22-15/h1-4,6,8-9,12H,5,7H2,(H,19,21). The predicted octanol–water partition coefficient (Wildman–Crippen LogP) is 4.98. The van der Waals surface area contributed by atoms with Gasteiger partial charge in [-0.3, -0.25) is 4.79 Å². The average molecular weight is 377 g/mol. The van der Waals surface area contributed by atoms with Crippen LogP contribution in [0.5, 0.6) is 0 Å². The maximum atomic E-state index is 13.6. The Morgan fingerprint density at radius 1 is 1.29 bits per heavy atom. The van der Waals surface area contributed by atoms with Gasteiger partial charge in [0.05, 0.1) is 10.9 Å². The fourth-order valence-electron chi connectivity index (χ4n) is 2.64. The molecule has 1 aliphatic heterocycles. The van der Waals surface area contributed by atoms with E-state index in [-0.39, 0.29) is 17.8 Å². The van der Waals surface area contributed by atoms with Crippen molar-refractivity contribution in [2.75, 3.05) is 5.75 Å². The monoisotopic (exact) mass is 376 g/mol. The number of thiophene rings is 1. The Kier molecular flexibility index (Phi) is 4.39. The molecular formula is C17H13FN2OS3. The highest BCUT2D eigenvalue weighted by Gasteiger charge is 2.24. The first-order chi connectivity index (χ1) is 11.7. The van der Waals surface area contributed by atoms with Gasteiger partial charge < -0.3 is 5.32 Å². The average Bonchev–Trinajstić information content (AvgIpc) is 3.26. The van der Waals surface area contributed by atoms with Crippen molar-refractivity contribution >= 4 is 40.3 Å². The molecule has 0 spiro atoms. The zero-order chi connectivity index (χ0) is 16.5. The Morgan fingerprint density at radius 3 is 3.04 bits per heavy atom. The van der Waals surface area contributed by atoms with Crippen LogP contribution < -0.4 is 5.32 Å². The van der Waals surface area contributed by atoms with Crippen LogP contribution in [0.3, 0.4) is 0 Å². The summed E-state index contributed by atoms with van der Waals surface area (Å²) in [5.41, 5.74) is 1.27. The number of nitrogens with zero attached hydrogens (tertiary/aromatic N) is 1. The van der Waals surface area contributed by atoms with Gasteiger partial charge in [-0.15, -0.1) is 34.4 Å². The molecule has 3 aromatic rings. The highest BCUT2D eigenvalue weighted by molar-refractivity contribution is 7.99. The fraction of sp³-hybridized carbons (Fsp3) is 0.176. The van der Waals surface area contributed by atoms with Crippen LogP contribution in [0.4, 0.5) is 4.39 Å². The molecule has 1 amide bonds. The van der Waals surface area contributed by atoms with Crippen molar-refractivity contribution in [1.29, 1.82) is 0 Å². The molecule has 0 saturated heterocycles. The topological polar surface area (TPSA) is 42.0 Å². The number of aromatic nitrogens is 1. The van der Waals surface area contributed by atoms with E-state index < -0.39 is 0 Å². The summed E-state index contributed by atoms with van der Waals surface area (Å²) in [6.45, 7) is 0. The van der Waals surface area contributed by atoms with Gasteiger partial charge in [0.1, 0.15) is 16.5 Å². The van der Waals surface area contributed by atoms with Gasteiger partial charge in [0.15, 0.2) is 0 Å². The second-order valence-corrected chi connectivity index (χ2v) is 8.30. The minimum absolute atomic E-state index is 0.170. The van der Waals surface area contributed by atoms with Crippen LogP contribution in [0, 0.1) is 5.82 Å². The molecule has 1 aliphatic rings. The van der Waals surface area contributed by atoms with Crippen LogP contribution in [-0.2, 0) is 0 Å². The molecule has 1 N–H and O–H groups in total. The molecule has 3 heterocycles. The Morgan fingerprint density at radius 2 is 2.21 bits per heavy atom. The van der Waals surface area contributed by atoms with Gasteiger partial charge in [-0.25, -0.2) is 9.37 Å². The van der Waals surface area contributed by atoms with Crippen LogP contribution in [0.25, 0.3) is 9.88 Å². The molecule has 1 atom stereocenters. The number of hydrogen-bond donors (Lipinski definition) is 1. The lowest BCUT2D eigenvalue weighted by Gasteiger charge is -2.25. The summed E-state index contributed by atoms with van der Waals surface area (Å²) in [5.74, 6) is 0.423. The molecule has 4 rings (SSSR count). The van der Waals surface area contributed by atoms with E-state index in [1.807, 2.05) is 17.5 Å². The minimum Gasteiger partial charge on any atom is -0.344 e. The molecule has 7 heteroatoms. The summed E-state index contributed by atoms with van der Waals surface area (Å²) < 4.78 is 13.6. The third-order valence-electron chi connectivity index (χ3n) is 3.79. The summed E-state index contributed by atoms with van der Waals surface area (Å²) in [6, 6.07) is 8.55. The lowest BCUT2D eigenvalue weighted by Crippen LogP contribution is -2.31. The molecule has 0 bridgehead atoms. The SMILES string of the molecule is O=C(NC1CCSc2ccc(F)cc21)c1csc(-c2cccs2)n1. The maximum Gasteiger partial charge on any atom is 0.271 e. The summed E-state index contributed by atoms with van der Waals surface area (Å²) in [6.07, 6.45) is 0.786. The first-order valence-corrected chi connectivity index (χ1v) is 10.2. The quantitative estimate of drug-likeness (QED) is 0.701. The van der Waals surface area contributed by atoms with Crippen molar-refractivity contribution in [1.82, 2.24) is 10.3 Å². The Balaban J connectivity index is 1.54. The Labute approximate surface area is 150 Å². The molecule has 1 unspecified atom stereocenters. The number of carbonyl (C=O) groups excluding carboxylic acids is 1. The van der Waals surface area contributed by atoms with Crippen molar-refractivity contribution in [3.05, 3.63) is 58.2 Å². The van der Waals surface area contributed by atoms with Gasteiger partial charge in [0.25, 0.3) is 5.91 Å². The molecule has 0 saturated carbocycles. The van der Waals surface area contributed by atoms with E-state index in [1.165, 1.54) is 23.5 Å². The molecule has 0 aliphatic carbocycles. The van der Waals surface area contributed by atoms with Gasteiger partial charge in [-0.2, -0.15) is 0 Å². The van der Waals surface area contributed by atoms with Gasteiger partial charge in [-0.1, -0.05) is 6.07 Å². The highest BCUT2D eigenvalue weighted by atomic mass is 32.2. The summed E-state index contributed by atoms with van der Waals surface area (Å²) in [4.78, 5) is 19.0. The van der Waals surface area contributed by atoms with E-state index >= 15 is 0 Å². The third-order valence-corrected chi connectivity index (χ3v) is 6.79. The molecule has 0 radical (unpaired) electrons. The van der Waals surface area contributed by atoms with Gasteiger partial charge in [0, 0.05) is 16.0 Å². The van der Waals surface area contributed by atoms with E-state index in [2.05, 4.69) is 10.3 Å². The van der Waals surface area contributed by atoms with Crippen molar-refractivity contribution in [2.24, 2.45) is 0 Å². The third kappa shape index (κ3) is 3.11. The van der Waals surface area contributed by atoms with Gasteiger partial charge >= 0.3 is 0 Å². The van der Waals surface area contributed by atoms with Gasteiger partial charge in [0.2, 0.25) is 0 Å². The van der Waals surface area contributed by atoms with E-state index in [9.17, 15) is 9.18 Å². The Bertz CT molecular complexity index is 876. The summed E-state index contributed by atoms with van der Waals surface area (Å²) in [7, 11) is 0. The van der Waals surface area contributed by atoms with Crippen molar-refractivity contribution in [2.45, 2.75) is 17.4 Å². The van der Waals surface area contributed by atoms with Crippen LogP contribution in [-0.4, -0.2) is 16.6 Å². The van der Waals surface area contributed by atoms with Crippen molar-refractivity contribution < 1.29 is 9.18 Å².